The van der Waals surface area contributed by atoms with Gasteiger partial charge in [0, 0.05) is 42.9 Å². The summed E-state index contributed by atoms with van der Waals surface area (Å²) in [7, 11) is 0. The summed E-state index contributed by atoms with van der Waals surface area (Å²) in [6.45, 7) is 17.2. The van der Waals surface area contributed by atoms with Gasteiger partial charge in [0.05, 0.1) is 0 Å². The molecule has 0 spiro atoms. The van der Waals surface area contributed by atoms with Gasteiger partial charge in [0.2, 0.25) is 0 Å². The molecule has 10 unspecified atom stereocenters. The van der Waals surface area contributed by atoms with E-state index < -0.39 is 47.2 Å². The maximum absolute atomic E-state index is 13.0. The lowest BCUT2D eigenvalue weighted by Gasteiger charge is -2.57. The topological polar surface area (TPSA) is 125 Å². The van der Waals surface area contributed by atoms with E-state index in [9.17, 15) is 24.3 Å². The van der Waals surface area contributed by atoms with E-state index in [1.807, 2.05) is 34.6 Å². The number of carbonyl (C=O) groups is 4. The highest BCUT2D eigenvalue weighted by molar-refractivity contribution is 5.71. The average molecular weight is 607 g/mol. The Balaban J connectivity index is 2.22. The molecule has 0 bridgehead atoms. The van der Waals surface area contributed by atoms with Crippen LogP contribution in [0.15, 0.2) is 11.6 Å². The molecule has 2 fully saturated rings. The molecule has 43 heavy (non-hydrogen) atoms. The van der Waals surface area contributed by atoms with Crippen molar-refractivity contribution in [2.24, 2.45) is 34.5 Å². The number of allylic oxidation sites excluding steroid dienone is 1. The lowest BCUT2D eigenvalue weighted by Crippen LogP contribution is -2.60. The molecule has 0 aromatic rings. The zero-order valence-corrected chi connectivity index (χ0v) is 27.6. The first-order valence-corrected chi connectivity index (χ1v) is 16.3. The van der Waals surface area contributed by atoms with Crippen molar-refractivity contribution in [1.82, 2.24) is 0 Å². The molecule has 3 rings (SSSR count). The SMILES string of the molecule is CCCC(=O)OC1CC2(C)C(OC(=O)CCC)CC3(C)C(O)C(OC(=O)CCC)C(OC(C)=O)C(C)=CC3C2C1C(C)C. The molecule has 1 N–H and O–H groups in total. The van der Waals surface area contributed by atoms with E-state index in [1.54, 1.807) is 0 Å². The van der Waals surface area contributed by atoms with E-state index in [4.69, 9.17) is 18.9 Å². The van der Waals surface area contributed by atoms with Gasteiger partial charge in [-0.1, -0.05) is 54.5 Å². The molecule has 0 heterocycles. The summed E-state index contributed by atoms with van der Waals surface area (Å²) >= 11 is 0. The number of esters is 4. The average Bonchev–Trinajstić information content (AvgIpc) is 3.17. The Kier molecular flexibility index (Phi) is 11.5. The second kappa shape index (κ2) is 14.1. The predicted molar refractivity (Wildman–Crippen MR) is 160 cm³/mol. The van der Waals surface area contributed by atoms with E-state index in [1.165, 1.54) is 6.92 Å². The minimum absolute atomic E-state index is 0.0922. The zero-order valence-electron chi connectivity index (χ0n) is 27.6. The Morgan fingerprint density at radius 2 is 1.40 bits per heavy atom. The molecule has 0 aliphatic heterocycles. The lowest BCUT2D eigenvalue weighted by molar-refractivity contribution is -0.207. The molecule has 244 valence electrons. The van der Waals surface area contributed by atoms with Crippen molar-refractivity contribution in [3.63, 3.8) is 0 Å². The number of ether oxygens (including phenoxy) is 4. The predicted octanol–water partition coefficient (Wildman–Crippen LogP) is 5.70. The maximum Gasteiger partial charge on any atom is 0.306 e. The van der Waals surface area contributed by atoms with Gasteiger partial charge in [0.1, 0.15) is 18.3 Å². The van der Waals surface area contributed by atoms with Gasteiger partial charge in [-0.15, -0.1) is 0 Å². The third kappa shape index (κ3) is 7.12. The monoisotopic (exact) mass is 606 g/mol. The van der Waals surface area contributed by atoms with Crippen molar-refractivity contribution in [2.45, 2.75) is 144 Å². The van der Waals surface area contributed by atoms with Crippen molar-refractivity contribution in [2.75, 3.05) is 0 Å². The van der Waals surface area contributed by atoms with Crippen molar-refractivity contribution in [3.8, 4) is 0 Å². The van der Waals surface area contributed by atoms with Gasteiger partial charge in [-0.3, -0.25) is 19.2 Å². The van der Waals surface area contributed by atoms with Crippen LogP contribution in [0.4, 0.5) is 0 Å². The zero-order chi connectivity index (χ0) is 32.3. The van der Waals surface area contributed by atoms with Crippen LogP contribution in [0.25, 0.3) is 0 Å². The minimum atomic E-state index is -1.23. The van der Waals surface area contributed by atoms with Crippen LogP contribution >= 0.6 is 0 Å². The molecule has 0 radical (unpaired) electrons. The summed E-state index contributed by atoms with van der Waals surface area (Å²) in [4.78, 5) is 50.9. The second-order valence-corrected chi connectivity index (χ2v) is 13.9. The van der Waals surface area contributed by atoms with Gasteiger partial charge >= 0.3 is 23.9 Å². The molecule has 0 amide bonds. The highest BCUT2D eigenvalue weighted by Gasteiger charge is 2.68. The lowest BCUT2D eigenvalue weighted by atomic mass is 9.49. The van der Waals surface area contributed by atoms with Crippen LogP contribution in [0, 0.1) is 34.5 Å². The fourth-order valence-electron chi connectivity index (χ4n) is 8.22. The van der Waals surface area contributed by atoms with Crippen LogP contribution in [0.1, 0.15) is 114 Å². The number of rotatable bonds is 11. The molecular formula is C34H54O9. The molecular weight excluding hydrogens is 552 g/mol. The van der Waals surface area contributed by atoms with Crippen LogP contribution < -0.4 is 0 Å². The molecule has 3 aliphatic rings. The van der Waals surface area contributed by atoms with Gasteiger partial charge in [-0.25, -0.2) is 0 Å². The van der Waals surface area contributed by atoms with Crippen molar-refractivity contribution in [3.05, 3.63) is 11.6 Å². The summed E-state index contributed by atoms with van der Waals surface area (Å²) in [5.41, 5.74) is -0.800. The van der Waals surface area contributed by atoms with E-state index >= 15 is 0 Å². The fraction of sp³-hybridized carbons (Fsp3) is 0.824. The number of hydrogen-bond donors (Lipinski definition) is 1. The van der Waals surface area contributed by atoms with Gasteiger partial charge in [0.15, 0.2) is 12.2 Å². The number of hydrogen-bond acceptors (Lipinski definition) is 9. The molecule has 0 aromatic heterocycles. The van der Waals surface area contributed by atoms with E-state index in [0.717, 1.165) is 0 Å². The summed E-state index contributed by atoms with van der Waals surface area (Å²) < 4.78 is 24.0. The highest BCUT2D eigenvalue weighted by Crippen LogP contribution is 2.66. The Morgan fingerprint density at radius 1 is 0.860 bits per heavy atom. The Bertz CT molecular complexity index is 1070. The number of carbonyl (C=O) groups excluding carboxylic acids is 4. The van der Waals surface area contributed by atoms with Crippen LogP contribution in [-0.2, 0) is 38.1 Å². The summed E-state index contributed by atoms with van der Waals surface area (Å²) in [6.07, 6.45) is 1.25. The maximum atomic E-state index is 13.0. The first kappa shape index (κ1) is 35.1. The molecule has 0 aromatic carbocycles. The Morgan fingerprint density at radius 3 is 1.91 bits per heavy atom. The summed E-state index contributed by atoms with van der Waals surface area (Å²) in [5.74, 6) is -1.98. The molecule has 2 saturated carbocycles. The third-order valence-corrected chi connectivity index (χ3v) is 10.2. The van der Waals surface area contributed by atoms with Gasteiger partial charge in [0.25, 0.3) is 0 Å². The summed E-state index contributed by atoms with van der Waals surface area (Å²) in [6, 6.07) is 0. The number of aliphatic hydroxyl groups excluding tert-OH is 1. The Hall–Kier alpha value is -2.42. The highest BCUT2D eigenvalue weighted by atomic mass is 16.6. The fourth-order valence-corrected chi connectivity index (χ4v) is 8.22. The van der Waals surface area contributed by atoms with Gasteiger partial charge in [-0.2, -0.15) is 0 Å². The van der Waals surface area contributed by atoms with Crippen molar-refractivity contribution >= 4 is 23.9 Å². The molecule has 10 atom stereocenters. The van der Waals surface area contributed by atoms with Crippen LogP contribution in [0.3, 0.4) is 0 Å². The first-order valence-electron chi connectivity index (χ1n) is 16.3. The molecule has 9 nitrogen and oxygen atoms in total. The van der Waals surface area contributed by atoms with Crippen LogP contribution in [0.5, 0.6) is 0 Å². The molecule has 9 heteroatoms. The number of aliphatic hydroxyl groups is 1. The van der Waals surface area contributed by atoms with Crippen molar-refractivity contribution in [1.29, 1.82) is 0 Å². The minimum Gasteiger partial charge on any atom is -0.462 e. The largest absolute Gasteiger partial charge is 0.462 e. The number of fused-ring (bicyclic) bond motifs is 3. The first-order chi connectivity index (χ1) is 20.1. The van der Waals surface area contributed by atoms with Crippen molar-refractivity contribution < 1.29 is 43.2 Å². The van der Waals surface area contributed by atoms with E-state index in [2.05, 4.69) is 26.8 Å². The normalized spacial score (nSPS) is 37.0. The quantitative estimate of drug-likeness (QED) is 0.179. The van der Waals surface area contributed by atoms with E-state index in [-0.39, 0.29) is 54.6 Å². The van der Waals surface area contributed by atoms with Crippen LogP contribution in [-0.4, -0.2) is 59.5 Å². The van der Waals surface area contributed by atoms with Crippen LogP contribution in [0.2, 0.25) is 0 Å². The second-order valence-electron chi connectivity index (χ2n) is 13.9. The third-order valence-electron chi connectivity index (χ3n) is 10.2. The standard InChI is InChI=1S/C34H54O9/c1-10-13-25(36)41-23-17-34(9)24(42-26(37)14-11-2)18-33(8)22(29(34)28(23)19(4)5)16-20(6)30(40-21(7)35)31(32(33)39)43-27(38)15-12-3/h16,19,22-24,28-32,39H,10-15,17-18H2,1-9H3. The smallest absolute Gasteiger partial charge is 0.306 e. The van der Waals surface area contributed by atoms with E-state index in [0.29, 0.717) is 44.1 Å². The molecule has 3 aliphatic carbocycles. The molecule has 0 saturated heterocycles. The summed E-state index contributed by atoms with van der Waals surface area (Å²) in [5, 5.41) is 12.3. The Labute approximate surface area is 257 Å². The van der Waals surface area contributed by atoms with Gasteiger partial charge in [-0.05, 0) is 62.4 Å². The van der Waals surface area contributed by atoms with Gasteiger partial charge < -0.3 is 24.1 Å².